The number of benzene rings is 1. The Balaban J connectivity index is 2.16. The molecule has 0 fully saturated rings. The van der Waals surface area contributed by atoms with Crippen molar-refractivity contribution in [3.63, 3.8) is 0 Å². The fourth-order valence-electron chi connectivity index (χ4n) is 1.99. The molecule has 2 heterocycles. The molecule has 3 rings (SSSR count). The van der Waals surface area contributed by atoms with Crippen LogP contribution in [0.1, 0.15) is 0 Å². The maximum atomic E-state index is 11.7. The average molecular weight is 319 g/mol. The van der Waals surface area contributed by atoms with Crippen LogP contribution in [0.5, 0.6) is 5.88 Å². The summed E-state index contributed by atoms with van der Waals surface area (Å²) < 4.78 is 6.05. The number of pyridine rings is 1. The second-order valence-electron chi connectivity index (χ2n) is 4.26. The van der Waals surface area contributed by atoms with Gasteiger partial charge in [0, 0.05) is 12.6 Å². The number of aromatic nitrogens is 1. The van der Waals surface area contributed by atoms with Crippen LogP contribution in [0.4, 0.5) is 5.69 Å². The number of rotatable bonds is 1. The highest BCUT2D eigenvalue weighted by Crippen LogP contribution is 2.37. The van der Waals surface area contributed by atoms with Gasteiger partial charge in [0.1, 0.15) is 10.3 Å². The third-order valence-corrected chi connectivity index (χ3v) is 3.68. The first kappa shape index (κ1) is 12.2. The number of anilines is 1. The van der Waals surface area contributed by atoms with Gasteiger partial charge in [0.15, 0.2) is 6.61 Å². The van der Waals surface area contributed by atoms with Crippen LogP contribution in [0.3, 0.4) is 0 Å². The van der Waals surface area contributed by atoms with Crippen molar-refractivity contribution in [2.24, 2.45) is 0 Å². The largest absolute Gasteiger partial charge is 0.466 e. The number of likely N-dealkylation sites (N-methyl/N-ethyl adjacent to an activating group) is 1. The molecule has 0 atom stereocenters. The lowest BCUT2D eigenvalue weighted by Gasteiger charge is -2.25. The minimum Gasteiger partial charge on any atom is -0.466 e. The second kappa shape index (κ2) is 4.66. The van der Waals surface area contributed by atoms with E-state index in [1.54, 1.807) is 11.9 Å². The van der Waals surface area contributed by atoms with Crippen LogP contribution >= 0.6 is 15.9 Å². The third kappa shape index (κ3) is 2.10. The van der Waals surface area contributed by atoms with Crippen LogP contribution in [0.15, 0.2) is 41.0 Å². The van der Waals surface area contributed by atoms with Crippen molar-refractivity contribution < 1.29 is 9.53 Å². The number of fused-ring (bicyclic) bond motifs is 1. The van der Waals surface area contributed by atoms with E-state index in [0.717, 1.165) is 11.1 Å². The van der Waals surface area contributed by atoms with E-state index in [4.69, 9.17) is 4.74 Å². The summed E-state index contributed by atoms with van der Waals surface area (Å²) in [6.07, 6.45) is 0. The lowest BCUT2D eigenvalue weighted by Crippen LogP contribution is -2.35. The van der Waals surface area contributed by atoms with E-state index in [1.807, 2.05) is 36.4 Å². The minimum atomic E-state index is -0.0735. The maximum absolute atomic E-state index is 11.7. The molecule has 0 unspecified atom stereocenters. The monoisotopic (exact) mass is 318 g/mol. The molecule has 0 aliphatic carbocycles. The Hall–Kier alpha value is -1.88. The van der Waals surface area contributed by atoms with Gasteiger partial charge in [-0.25, -0.2) is 4.98 Å². The van der Waals surface area contributed by atoms with E-state index >= 15 is 0 Å². The molecule has 1 aliphatic heterocycles. The molecule has 1 aromatic heterocycles. The molecule has 0 saturated carbocycles. The highest BCUT2D eigenvalue weighted by Gasteiger charge is 2.25. The molecular formula is C14H11BrN2O2. The zero-order valence-electron chi connectivity index (χ0n) is 10.3. The molecule has 1 aromatic carbocycles. The molecule has 0 N–H and O–H groups in total. The van der Waals surface area contributed by atoms with E-state index in [0.29, 0.717) is 16.2 Å². The number of hydrogen-bond acceptors (Lipinski definition) is 3. The van der Waals surface area contributed by atoms with Crippen molar-refractivity contribution in [3.05, 3.63) is 41.0 Å². The van der Waals surface area contributed by atoms with Crippen molar-refractivity contribution in [1.82, 2.24) is 4.98 Å². The normalized spacial score (nSPS) is 14.0. The van der Waals surface area contributed by atoms with Gasteiger partial charge in [0.25, 0.3) is 5.91 Å². The Morgan fingerprint density at radius 1 is 1.32 bits per heavy atom. The quantitative estimate of drug-likeness (QED) is 0.759. The Morgan fingerprint density at radius 3 is 2.79 bits per heavy atom. The number of ether oxygens (including phenoxy) is 1. The van der Waals surface area contributed by atoms with E-state index in [-0.39, 0.29) is 12.5 Å². The van der Waals surface area contributed by atoms with E-state index < -0.39 is 0 Å². The number of nitrogens with zero attached hydrogens (tertiary/aromatic N) is 2. The molecule has 4 nitrogen and oxygen atoms in total. The molecule has 0 bridgehead atoms. The molecule has 0 saturated heterocycles. The minimum absolute atomic E-state index is 0.0353. The second-order valence-corrected chi connectivity index (χ2v) is 5.01. The van der Waals surface area contributed by atoms with Crippen LogP contribution in [-0.2, 0) is 4.79 Å². The molecule has 1 amide bonds. The Labute approximate surface area is 119 Å². The molecular weight excluding hydrogens is 308 g/mol. The van der Waals surface area contributed by atoms with E-state index in [1.165, 1.54) is 0 Å². The Morgan fingerprint density at radius 2 is 2.05 bits per heavy atom. The lowest BCUT2D eigenvalue weighted by atomic mass is 10.1. The zero-order chi connectivity index (χ0) is 13.4. The van der Waals surface area contributed by atoms with E-state index in [9.17, 15) is 4.79 Å². The summed E-state index contributed by atoms with van der Waals surface area (Å²) in [5.74, 6) is 0.407. The van der Waals surface area contributed by atoms with Crippen molar-refractivity contribution in [2.45, 2.75) is 0 Å². The number of hydrogen-bond donors (Lipinski definition) is 0. The number of amides is 1. The predicted octanol–water partition coefficient (Wildman–Crippen LogP) is 2.87. The summed E-state index contributed by atoms with van der Waals surface area (Å²) >= 11 is 3.45. The lowest BCUT2D eigenvalue weighted by molar-refractivity contribution is -0.121. The molecule has 2 aromatic rings. The van der Waals surface area contributed by atoms with Gasteiger partial charge in [0.05, 0.1) is 0 Å². The zero-order valence-corrected chi connectivity index (χ0v) is 11.8. The molecule has 1 aliphatic rings. The first-order valence-electron chi connectivity index (χ1n) is 5.82. The molecule has 0 spiro atoms. The highest BCUT2D eigenvalue weighted by molar-refractivity contribution is 9.10. The molecule has 5 heteroatoms. The van der Waals surface area contributed by atoms with Crippen LogP contribution < -0.4 is 9.64 Å². The summed E-state index contributed by atoms with van der Waals surface area (Å²) in [5, 5.41) is 0. The predicted molar refractivity (Wildman–Crippen MR) is 76.3 cm³/mol. The van der Waals surface area contributed by atoms with Crippen molar-refractivity contribution in [2.75, 3.05) is 18.6 Å². The van der Waals surface area contributed by atoms with Gasteiger partial charge >= 0.3 is 0 Å². The van der Waals surface area contributed by atoms with Crippen LogP contribution in [0.25, 0.3) is 11.1 Å². The summed E-state index contributed by atoms with van der Waals surface area (Å²) in [6.45, 7) is 0.0353. The fraction of sp³-hybridized carbons (Fsp3) is 0.143. The van der Waals surface area contributed by atoms with Crippen molar-refractivity contribution in [1.29, 1.82) is 0 Å². The van der Waals surface area contributed by atoms with Gasteiger partial charge in [-0.2, -0.15) is 0 Å². The number of carbonyl (C=O) groups excluding carboxylic acids is 1. The van der Waals surface area contributed by atoms with Crippen LogP contribution in [-0.4, -0.2) is 24.5 Å². The van der Waals surface area contributed by atoms with Crippen LogP contribution in [0.2, 0.25) is 0 Å². The van der Waals surface area contributed by atoms with Gasteiger partial charge in [-0.3, -0.25) is 4.79 Å². The standard InChI is InChI=1S/C14H11BrN2O2/c1-17-11-7-10(9-5-3-2-4-6-9)13(15)16-14(11)19-8-12(17)18/h2-7H,8H2,1H3. The Bertz CT molecular complexity index is 643. The summed E-state index contributed by atoms with van der Waals surface area (Å²) in [4.78, 5) is 17.6. The molecule has 0 radical (unpaired) electrons. The van der Waals surface area contributed by atoms with E-state index in [2.05, 4.69) is 20.9 Å². The van der Waals surface area contributed by atoms with Crippen LogP contribution in [0, 0.1) is 0 Å². The average Bonchev–Trinajstić information content (AvgIpc) is 2.44. The Kier molecular flexibility index (Phi) is 2.98. The molecule has 19 heavy (non-hydrogen) atoms. The first-order valence-corrected chi connectivity index (χ1v) is 6.61. The fourth-order valence-corrected chi connectivity index (χ4v) is 2.50. The van der Waals surface area contributed by atoms with Gasteiger partial charge < -0.3 is 9.64 Å². The smallest absolute Gasteiger partial charge is 0.264 e. The van der Waals surface area contributed by atoms with Gasteiger partial charge in [-0.05, 0) is 27.6 Å². The van der Waals surface area contributed by atoms with Gasteiger partial charge in [0.2, 0.25) is 5.88 Å². The highest BCUT2D eigenvalue weighted by atomic mass is 79.9. The summed E-state index contributed by atoms with van der Waals surface area (Å²) in [7, 11) is 1.73. The SMILES string of the molecule is CN1C(=O)COc2nc(Br)c(-c3ccccc3)cc21. The third-order valence-electron chi connectivity index (χ3n) is 3.07. The maximum Gasteiger partial charge on any atom is 0.264 e. The first-order chi connectivity index (χ1) is 9.16. The van der Waals surface area contributed by atoms with Crippen molar-refractivity contribution >= 4 is 27.5 Å². The van der Waals surface area contributed by atoms with Gasteiger partial charge in [-0.1, -0.05) is 30.3 Å². The number of halogens is 1. The summed E-state index contributed by atoms with van der Waals surface area (Å²) in [6, 6.07) is 11.8. The topological polar surface area (TPSA) is 42.4 Å². The molecule has 96 valence electrons. The van der Waals surface area contributed by atoms with Gasteiger partial charge in [-0.15, -0.1) is 0 Å². The number of carbonyl (C=O) groups is 1. The van der Waals surface area contributed by atoms with Crippen molar-refractivity contribution in [3.8, 4) is 17.0 Å². The summed E-state index contributed by atoms with van der Waals surface area (Å²) in [5.41, 5.74) is 2.67.